The lowest BCUT2D eigenvalue weighted by molar-refractivity contribution is -0.137. The Balaban J connectivity index is 1.81. The van der Waals surface area contributed by atoms with Crippen LogP contribution in [0.4, 0.5) is 0 Å². The van der Waals surface area contributed by atoms with Gasteiger partial charge in [-0.15, -0.1) is 0 Å². The van der Waals surface area contributed by atoms with Gasteiger partial charge in [0.25, 0.3) is 0 Å². The fourth-order valence-corrected chi connectivity index (χ4v) is 6.54. The number of nitrogen functional groups attached to an aromatic ring is 1. The van der Waals surface area contributed by atoms with Gasteiger partial charge in [-0.1, -0.05) is 62.8 Å². The summed E-state index contributed by atoms with van der Waals surface area (Å²) in [7, 11) is 3.32. The average Bonchev–Trinajstić information content (AvgIpc) is 3.00. The van der Waals surface area contributed by atoms with Crippen LogP contribution < -0.4 is 27.8 Å². The molecule has 43 heavy (non-hydrogen) atoms. The van der Waals surface area contributed by atoms with Crippen molar-refractivity contribution in [3.8, 4) is 0 Å². The van der Waals surface area contributed by atoms with E-state index in [0.29, 0.717) is 31.4 Å². The minimum absolute atomic E-state index is 0.0105. The Morgan fingerprint density at radius 2 is 1.47 bits per heavy atom. The third kappa shape index (κ3) is 10.5. The molecule has 0 saturated heterocycles. The molecule has 0 spiro atoms. The molecular weight excluding hydrogens is 544 g/mol. The van der Waals surface area contributed by atoms with E-state index in [0.717, 1.165) is 63.4 Å². The van der Waals surface area contributed by atoms with Crippen LogP contribution in [0.2, 0.25) is 0 Å². The number of nitrogens with zero attached hydrogens (tertiary/aromatic N) is 2. The highest BCUT2D eigenvalue weighted by molar-refractivity contribution is 5.95. The first-order valence-electron chi connectivity index (χ1n) is 15.9. The molecule has 0 aromatic heterocycles. The molecule has 11 nitrogen and oxygen atoms in total. The maximum absolute atomic E-state index is 14.1. The van der Waals surface area contributed by atoms with E-state index in [1.54, 1.807) is 14.1 Å². The molecule has 3 rings (SSSR count). The van der Waals surface area contributed by atoms with Gasteiger partial charge in [0, 0.05) is 32.1 Å². The van der Waals surface area contributed by atoms with E-state index in [4.69, 9.17) is 22.6 Å². The molecular formula is C32H52N8O3. The maximum atomic E-state index is 14.1. The summed E-state index contributed by atoms with van der Waals surface area (Å²) in [4.78, 5) is 46.5. The second kappa shape index (κ2) is 16.9. The lowest BCUT2D eigenvalue weighted by Crippen LogP contribution is -2.57. The first-order chi connectivity index (χ1) is 20.6. The highest BCUT2D eigenvalue weighted by Crippen LogP contribution is 2.33. The Hall–Kier alpha value is -3.63. The number of carbonyl (C=O) groups excluding carboxylic acids is 3. The number of rotatable bonds is 14. The summed E-state index contributed by atoms with van der Waals surface area (Å²) in [6, 6.07) is 6.06. The molecule has 2 aliphatic rings. The van der Waals surface area contributed by atoms with Gasteiger partial charge in [-0.3, -0.25) is 24.8 Å². The highest BCUT2D eigenvalue weighted by atomic mass is 16.2. The number of amides is 3. The second-order valence-corrected chi connectivity index (χ2v) is 12.4. The lowest BCUT2D eigenvalue weighted by Gasteiger charge is -2.35. The number of carbonyl (C=O) groups is 3. The van der Waals surface area contributed by atoms with E-state index in [-0.39, 0.29) is 47.3 Å². The number of amidine groups is 1. The number of benzene rings is 1. The zero-order chi connectivity index (χ0) is 31.4. The molecule has 11 heteroatoms. The van der Waals surface area contributed by atoms with Gasteiger partial charge in [0.1, 0.15) is 17.9 Å². The van der Waals surface area contributed by atoms with Gasteiger partial charge in [-0.05, 0) is 62.3 Å². The largest absolute Gasteiger partial charge is 0.384 e. The van der Waals surface area contributed by atoms with Gasteiger partial charge >= 0.3 is 0 Å². The minimum atomic E-state index is -0.742. The summed E-state index contributed by atoms with van der Waals surface area (Å²) < 4.78 is 0. The Labute approximate surface area is 256 Å². The van der Waals surface area contributed by atoms with Crippen LogP contribution in [0.25, 0.3) is 0 Å². The number of guanidine groups is 1. The van der Waals surface area contributed by atoms with Crippen molar-refractivity contribution in [2.45, 2.75) is 95.6 Å². The van der Waals surface area contributed by atoms with Gasteiger partial charge in [0.2, 0.25) is 17.7 Å². The van der Waals surface area contributed by atoms with Crippen LogP contribution in [-0.4, -0.2) is 67.1 Å². The lowest BCUT2D eigenvalue weighted by atomic mass is 9.76. The predicted molar refractivity (Wildman–Crippen MR) is 170 cm³/mol. The molecule has 1 aromatic rings. The summed E-state index contributed by atoms with van der Waals surface area (Å²) in [6.45, 7) is 0.356. The van der Waals surface area contributed by atoms with Gasteiger partial charge in [-0.25, -0.2) is 0 Å². The number of nitrogens with one attached hydrogen (secondary N) is 3. The zero-order valence-electron chi connectivity index (χ0n) is 25.9. The van der Waals surface area contributed by atoms with Crippen molar-refractivity contribution in [3.63, 3.8) is 0 Å². The van der Waals surface area contributed by atoms with Crippen molar-refractivity contribution < 1.29 is 14.4 Å². The van der Waals surface area contributed by atoms with Gasteiger partial charge in [0.05, 0.1) is 0 Å². The predicted octanol–water partition coefficient (Wildman–Crippen LogP) is 2.40. The third-order valence-electron chi connectivity index (χ3n) is 8.98. The van der Waals surface area contributed by atoms with E-state index in [9.17, 15) is 14.4 Å². The Morgan fingerprint density at radius 3 is 2.00 bits per heavy atom. The number of likely N-dealkylation sites (N-methyl/N-ethyl adjacent to an activating group) is 1. The van der Waals surface area contributed by atoms with Crippen LogP contribution in [0.5, 0.6) is 0 Å². The molecule has 2 saturated carbocycles. The van der Waals surface area contributed by atoms with Crippen molar-refractivity contribution in [1.29, 1.82) is 5.41 Å². The maximum Gasteiger partial charge on any atom is 0.244 e. The molecule has 1 aromatic carbocycles. The highest BCUT2D eigenvalue weighted by Gasteiger charge is 2.37. The number of hydrogen-bond acceptors (Lipinski definition) is 5. The quantitative estimate of drug-likeness (QED) is 0.108. The molecule has 238 valence electrons. The molecule has 2 fully saturated rings. The molecule has 2 aliphatic carbocycles. The van der Waals surface area contributed by atoms with Crippen molar-refractivity contribution in [2.75, 3.05) is 20.6 Å². The van der Waals surface area contributed by atoms with E-state index in [2.05, 4.69) is 15.6 Å². The Morgan fingerprint density at radius 1 is 0.884 bits per heavy atom. The molecule has 0 heterocycles. The standard InChI is InChI=1S/C32H52N8O3/c1-40(2)31(43)26(14-9-19-37-32(35)36)38-30(42)27(23-12-7-4-8-13-23)39-29(41)25(22-10-5-3-6-11-22)20-21-15-17-24(18-16-21)28(33)34/h15-18,22-23,25-27H,3-14,19-20H2,1-2H3,(H3,33,34)(H,38,42)(H,39,41)(H4,35,36,37). The second-order valence-electron chi connectivity index (χ2n) is 12.4. The normalized spacial score (nSPS) is 18.1. The molecule has 3 unspecified atom stereocenters. The fourth-order valence-electron chi connectivity index (χ4n) is 6.54. The van der Waals surface area contributed by atoms with Crippen molar-refractivity contribution in [2.24, 2.45) is 39.9 Å². The summed E-state index contributed by atoms with van der Waals surface area (Å²) in [5.74, 6) is -0.654. The monoisotopic (exact) mass is 596 g/mol. The summed E-state index contributed by atoms with van der Waals surface area (Å²) in [6.07, 6.45) is 11.7. The molecule has 0 aliphatic heterocycles. The summed E-state index contributed by atoms with van der Waals surface area (Å²) in [5, 5.41) is 13.9. The Kier molecular flexibility index (Phi) is 13.3. The van der Waals surface area contributed by atoms with Crippen LogP contribution in [0, 0.1) is 23.2 Å². The van der Waals surface area contributed by atoms with E-state index < -0.39 is 12.1 Å². The van der Waals surface area contributed by atoms with Crippen LogP contribution in [0.1, 0.15) is 88.2 Å². The molecule has 3 atom stereocenters. The summed E-state index contributed by atoms with van der Waals surface area (Å²) >= 11 is 0. The van der Waals surface area contributed by atoms with Crippen molar-refractivity contribution in [3.05, 3.63) is 35.4 Å². The van der Waals surface area contributed by atoms with E-state index >= 15 is 0 Å². The first kappa shape index (κ1) is 33.9. The summed E-state index contributed by atoms with van der Waals surface area (Å²) in [5.41, 5.74) is 18.2. The SMILES string of the molecule is CN(C)C(=O)C(CCCN=C(N)N)NC(=O)C(NC(=O)C(Cc1ccc(C(=N)N)cc1)C1CCCCC1)C1CCCCC1. The van der Waals surface area contributed by atoms with Crippen molar-refractivity contribution in [1.82, 2.24) is 15.5 Å². The number of hydrogen-bond donors (Lipinski definition) is 6. The third-order valence-corrected chi connectivity index (χ3v) is 8.98. The fraction of sp³-hybridized carbons (Fsp3) is 0.656. The van der Waals surface area contributed by atoms with Crippen LogP contribution in [-0.2, 0) is 20.8 Å². The van der Waals surface area contributed by atoms with Crippen LogP contribution >= 0.6 is 0 Å². The Bertz CT molecular complexity index is 1100. The van der Waals surface area contributed by atoms with Gasteiger partial charge < -0.3 is 32.7 Å². The molecule has 0 bridgehead atoms. The van der Waals surface area contributed by atoms with Crippen LogP contribution in [0.3, 0.4) is 0 Å². The molecule has 3 amide bonds. The molecule has 0 radical (unpaired) electrons. The first-order valence-corrected chi connectivity index (χ1v) is 15.9. The minimum Gasteiger partial charge on any atom is -0.384 e. The van der Waals surface area contributed by atoms with E-state index in [1.807, 2.05) is 24.3 Å². The average molecular weight is 597 g/mol. The van der Waals surface area contributed by atoms with Crippen molar-refractivity contribution >= 4 is 29.5 Å². The zero-order valence-corrected chi connectivity index (χ0v) is 25.9. The van der Waals surface area contributed by atoms with E-state index in [1.165, 1.54) is 11.3 Å². The van der Waals surface area contributed by atoms with Gasteiger partial charge in [-0.2, -0.15) is 0 Å². The molecule has 9 N–H and O–H groups in total. The van der Waals surface area contributed by atoms with Gasteiger partial charge in [0.15, 0.2) is 5.96 Å². The topological polar surface area (TPSA) is 193 Å². The number of aliphatic imine (C=N–C) groups is 1. The number of nitrogens with two attached hydrogens (primary N) is 3. The van der Waals surface area contributed by atoms with Crippen LogP contribution in [0.15, 0.2) is 29.3 Å². The smallest absolute Gasteiger partial charge is 0.244 e.